The molecule has 0 saturated heterocycles. The Morgan fingerprint density at radius 2 is 1.89 bits per heavy atom. The van der Waals surface area contributed by atoms with Crippen LogP contribution in [-0.2, 0) is 20.1 Å². The summed E-state index contributed by atoms with van der Waals surface area (Å²) in [6, 6.07) is 3.90. The van der Waals surface area contributed by atoms with Gasteiger partial charge in [0.25, 0.3) is 0 Å². The monoisotopic (exact) mass is 259 g/mol. The lowest BCUT2D eigenvalue weighted by Gasteiger charge is -2.17. The molecule has 0 atom stereocenters. The maximum absolute atomic E-state index is 9.99. The van der Waals surface area contributed by atoms with Crippen molar-refractivity contribution in [3.8, 4) is 5.75 Å². The zero-order valence-corrected chi connectivity index (χ0v) is 12.0. The van der Waals surface area contributed by atoms with Crippen molar-refractivity contribution in [1.82, 2.24) is 14.7 Å². The van der Waals surface area contributed by atoms with Gasteiger partial charge in [-0.1, -0.05) is 6.07 Å². The van der Waals surface area contributed by atoms with Gasteiger partial charge in [0.1, 0.15) is 5.75 Å². The molecule has 0 saturated carbocycles. The van der Waals surface area contributed by atoms with Gasteiger partial charge in [-0.2, -0.15) is 5.10 Å². The molecule has 4 heteroatoms. The third kappa shape index (κ3) is 3.35. The molecule has 0 unspecified atom stereocenters. The SMILES string of the molecule is Cc1cc(O)c(CN(C)Cc2cnn(C)c2)cc1C. The van der Waals surface area contributed by atoms with Crippen molar-refractivity contribution in [3.05, 3.63) is 46.8 Å². The smallest absolute Gasteiger partial charge is 0.120 e. The molecule has 2 rings (SSSR count). The molecule has 0 radical (unpaired) electrons. The van der Waals surface area contributed by atoms with Crippen molar-refractivity contribution in [2.75, 3.05) is 7.05 Å². The fourth-order valence-electron chi connectivity index (χ4n) is 2.20. The van der Waals surface area contributed by atoms with E-state index in [2.05, 4.69) is 23.0 Å². The quantitative estimate of drug-likeness (QED) is 0.916. The number of benzene rings is 1. The van der Waals surface area contributed by atoms with E-state index < -0.39 is 0 Å². The molecule has 2 aromatic rings. The first-order chi connectivity index (χ1) is 8.95. The van der Waals surface area contributed by atoms with E-state index in [1.165, 1.54) is 11.1 Å². The predicted octanol–water partition coefficient (Wildman–Crippen LogP) is 2.37. The van der Waals surface area contributed by atoms with E-state index in [-0.39, 0.29) is 0 Å². The zero-order valence-electron chi connectivity index (χ0n) is 12.0. The van der Waals surface area contributed by atoms with Gasteiger partial charge in [0.2, 0.25) is 0 Å². The molecule has 19 heavy (non-hydrogen) atoms. The third-order valence-corrected chi connectivity index (χ3v) is 3.35. The molecule has 102 valence electrons. The minimum Gasteiger partial charge on any atom is -0.508 e. The molecular formula is C15H21N3O. The van der Waals surface area contributed by atoms with Crippen molar-refractivity contribution < 1.29 is 5.11 Å². The summed E-state index contributed by atoms with van der Waals surface area (Å²) >= 11 is 0. The third-order valence-electron chi connectivity index (χ3n) is 3.35. The lowest BCUT2D eigenvalue weighted by atomic mass is 10.0. The maximum atomic E-state index is 9.99. The predicted molar refractivity (Wildman–Crippen MR) is 76.0 cm³/mol. The van der Waals surface area contributed by atoms with Crippen LogP contribution in [0, 0.1) is 13.8 Å². The highest BCUT2D eigenvalue weighted by molar-refractivity contribution is 5.40. The Morgan fingerprint density at radius 1 is 1.21 bits per heavy atom. The van der Waals surface area contributed by atoms with Gasteiger partial charge in [0.15, 0.2) is 0 Å². The Bertz CT molecular complexity index is 575. The number of rotatable bonds is 4. The van der Waals surface area contributed by atoms with Gasteiger partial charge in [-0.05, 0) is 38.1 Å². The fraction of sp³-hybridized carbons (Fsp3) is 0.400. The normalized spacial score (nSPS) is 11.2. The van der Waals surface area contributed by atoms with Gasteiger partial charge in [-0.3, -0.25) is 9.58 Å². The summed E-state index contributed by atoms with van der Waals surface area (Å²) in [6.07, 6.45) is 3.88. The van der Waals surface area contributed by atoms with Crippen LogP contribution < -0.4 is 0 Å². The Hall–Kier alpha value is -1.81. The van der Waals surface area contributed by atoms with Crippen molar-refractivity contribution in [1.29, 1.82) is 0 Å². The Kier molecular flexibility index (Phi) is 3.90. The summed E-state index contributed by atoms with van der Waals surface area (Å²) in [5.74, 6) is 0.376. The zero-order chi connectivity index (χ0) is 14.0. The average Bonchev–Trinajstić information content (AvgIpc) is 2.71. The highest BCUT2D eigenvalue weighted by Gasteiger charge is 2.08. The number of aromatic hydroxyl groups is 1. The van der Waals surface area contributed by atoms with Gasteiger partial charge < -0.3 is 5.11 Å². The van der Waals surface area contributed by atoms with Crippen molar-refractivity contribution in [3.63, 3.8) is 0 Å². The highest BCUT2D eigenvalue weighted by Crippen LogP contribution is 2.23. The molecule has 1 aromatic carbocycles. The minimum absolute atomic E-state index is 0.376. The molecule has 0 bridgehead atoms. The lowest BCUT2D eigenvalue weighted by Crippen LogP contribution is -2.17. The number of hydrogen-bond acceptors (Lipinski definition) is 3. The first-order valence-corrected chi connectivity index (χ1v) is 6.41. The number of hydrogen-bond donors (Lipinski definition) is 1. The number of phenols is 1. The molecule has 1 heterocycles. The molecule has 1 aromatic heterocycles. The second-order valence-electron chi connectivity index (χ2n) is 5.26. The van der Waals surface area contributed by atoms with Crippen LogP contribution in [0.1, 0.15) is 22.3 Å². The average molecular weight is 259 g/mol. The second kappa shape index (κ2) is 5.45. The molecular weight excluding hydrogens is 238 g/mol. The van der Waals surface area contributed by atoms with Gasteiger partial charge in [-0.25, -0.2) is 0 Å². The molecule has 0 amide bonds. The number of phenolic OH excluding ortho intramolecular Hbond substituents is 1. The maximum Gasteiger partial charge on any atom is 0.120 e. The Morgan fingerprint density at radius 3 is 2.53 bits per heavy atom. The molecule has 0 spiro atoms. The largest absolute Gasteiger partial charge is 0.508 e. The van der Waals surface area contributed by atoms with E-state index in [0.29, 0.717) is 5.75 Å². The van der Waals surface area contributed by atoms with Crippen LogP contribution in [0.15, 0.2) is 24.5 Å². The number of nitrogens with zero attached hydrogens (tertiary/aromatic N) is 3. The van der Waals surface area contributed by atoms with Gasteiger partial charge in [-0.15, -0.1) is 0 Å². The van der Waals surface area contributed by atoms with Crippen LogP contribution in [0.4, 0.5) is 0 Å². The molecule has 0 aliphatic heterocycles. The van der Waals surface area contributed by atoms with Crippen LogP contribution in [0.5, 0.6) is 5.75 Å². The van der Waals surface area contributed by atoms with E-state index in [0.717, 1.165) is 24.2 Å². The summed E-state index contributed by atoms with van der Waals surface area (Å²) in [7, 11) is 3.96. The lowest BCUT2D eigenvalue weighted by molar-refractivity contribution is 0.312. The summed E-state index contributed by atoms with van der Waals surface area (Å²) in [4.78, 5) is 2.17. The first-order valence-electron chi connectivity index (χ1n) is 6.41. The van der Waals surface area contributed by atoms with E-state index in [1.54, 1.807) is 4.68 Å². The molecule has 1 N–H and O–H groups in total. The minimum atomic E-state index is 0.376. The number of aryl methyl sites for hydroxylation is 3. The van der Waals surface area contributed by atoms with Gasteiger partial charge in [0.05, 0.1) is 6.20 Å². The number of aromatic nitrogens is 2. The molecule has 4 nitrogen and oxygen atoms in total. The van der Waals surface area contributed by atoms with Crippen molar-refractivity contribution >= 4 is 0 Å². The Balaban J connectivity index is 2.06. The summed E-state index contributed by atoms with van der Waals surface area (Å²) in [5.41, 5.74) is 4.47. The molecule has 0 fully saturated rings. The van der Waals surface area contributed by atoms with Crippen molar-refractivity contribution in [2.24, 2.45) is 7.05 Å². The van der Waals surface area contributed by atoms with Crippen LogP contribution in [0.25, 0.3) is 0 Å². The van der Waals surface area contributed by atoms with Gasteiger partial charge in [0, 0.05) is 37.5 Å². The van der Waals surface area contributed by atoms with Crippen LogP contribution >= 0.6 is 0 Å². The van der Waals surface area contributed by atoms with E-state index in [4.69, 9.17) is 0 Å². The van der Waals surface area contributed by atoms with Crippen LogP contribution in [-0.4, -0.2) is 26.8 Å². The standard InChI is InChI=1S/C15H21N3O/c1-11-5-14(15(19)6-12(11)2)10-17(3)8-13-7-16-18(4)9-13/h5-7,9,19H,8,10H2,1-4H3. The van der Waals surface area contributed by atoms with Crippen molar-refractivity contribution in [2.45, 2.75) is 26.9 Å². The summed E-state index contributed by atoms with van der Waals surface area (Å²) < 4.78 is 1.80. The molecule has 0 aliphatic rings. The highest BCUT2D eigenvalue weighted by atomic mass is 16.3. The Labute approximate surface area is 114 Å². The topological polar surface area (TPSA) is 41.3 Å². The summed E-state index contributed by atoms with van der Waals surface area (Å²) in [5, 5.41) is 14.2. The van der Waals surface area contributed by atoms with E-state index in [9.17, 15) is 5.11 Å². The molecule has 0 aliphatic carbocycles. The fourth-order valence-corrected chi connectivity index (χ4v) is 2.20. The second-order valence-corrected chi connectivity index (χ2v) is 5.26. The van der Waals surface area contributed by atoms with Crippen LogP contribution in [0.3, 0.4) is 0 Å². The van der Waals surface area contributed by atoms with E-state index in [1.807, 2.05) is 39.5 Å². The van der Waals surface area contributed by atoms with Gasteiger partial charge >= 0.3 is 0 Å². The first kappa shape index (κ1) is 13.6. The van der Waals surface area contributed by atoms with Crippen LogP contribution in [0.2, 0.25) is 0 Å². The van der Waals surface area contributed by atoms with E-state index >= 15 is 0 Å². The summed E-state index contributed by atoms with van der Waals surface area (Å²) in [6.45, 7) is 5.62.